The number of carbonyl (C=O) groups is 1. The number of nitrogens with zero attached hydrogens (tertiary/aromatic N) is 3. The molecule has 0 aliphatic heterocycles. The van der Waals surface area contributed by atoms with Crippen LogP contribution in [0.5, 0.6) is 0 Å². The minimum absolute atomic E-state index is 0. The summed E-state index contributed by atoms with van der Waals surface area (Å²) in [6, 6.07) is 8.63. The van der Waals surface area contributed by atoms with Crippen molar-refractivity contribution in [3.63, 3.8) is 0 Å². The van der Waals surface area contributed by atoms with E-state index in [1.54, 1.807) is 19.0 Å². The molecular formula is C16H24BrIN4O. The molecule has 1 aromatic carbocycles. The van der Waals surface area contributed by atoms with E-state index in [9.17, 15) is 4.79 Å². The Hall–Kier alpha value is -0.830. The number of aliphatic imine (C=N–C) groups is 1. The Bertz CT molecular complexity index is 561. The zero-order valence-electron chi connectivity index (χ0n) is 13.8. The van der Waals surface area contributed by atoms with Gasteiger partial charge >= 0.3 is 0 Å². The van der Waals surface area contributed by atoms with Crippen molar-refractivity contribution in [3.8, 4) is 0 Å². The van der Waals surface area contributed by atoms with Crippen molar-refractivity contribution >= 4 is 51.8 Å². The third kappa shape index (κ3) is 6.66. The predicted molar refractivity (Wildman–Crippen MR) is 108 cm³/mol. The fourth-order valence-corrected chi connectivity index (χ4v) is 2.34. The Morgan fingerprint density at radius 3 is 2.52 bits per heavy atom. The Balaban J connectivity index is 0.00000264. The number of benzene rings is 1. The molecule has 1 fully saturated rings. The van der Waals surface area contributed by atoms with E-state index < -0.39 is 0 Å². The van der Waals surface area contributed by atoms with Crippen LogP contribution in [0.15, 0.2) is 33.7 Å². The SMILES string of the molecule is CN(C)C(=O)CN=C(NC1CC1)N(C)Cc1ccccc1Br.I. The summed E-state index contributed by atoms with van der Waals surface area (Å²) in [4.78, 5) is 19.8. The van der Waals surface area contributed by atoms with Gasteiger partial charge < -0.3 is 15.1 Å². The van der Waals surface area contributed by atoms with Crippen LogP contribution in [0.1, 0.15) is 18.4 Å². The molecule has 1 saturated carbocycles. The molecule has 1 amide bonds. The summed E-state index contributed by atoms with van der Waals surface area (Å²) in [6.45, 7) is 0.901. The highest BCUT2D eigenvalue weighted by Crippen LogP contribution is 2.20. The molecule has 23 heavy (non-hydrogen) atoms. The van der Waals surface area contributed by atoms with Gasteiger partial charge in [0.1, 0.15) is 6.54 Å². The zero-order valence-corrected chi connectivity index (χ0v) is 17.7. The molecule has 0 radical (unpaired) electrons. The van der Waals surface area contributed by atoms with Crippen molar-refractivity contribution < 1.29 is 4.79 Å². The third-order valence-corrected chi connectivity index (χ3v) is 4.27. The molecule has 1 aromatic rings. The van der Waals surface area contributed by atoms with Gasteiger partial charge in [0.15, 0.2) is 5.96 Å². The smallest absolute Gasteiger partial charge is 0.243 e. The van der Waals surface area contributed by atoms with Crippen molar-refractivity contribution in [3.05, 3.63) is 34.3 Å². The normalized spacial score (nSPS) is 14.0. The quantitative estimate of drug-likeness (QED) is 0.389. The number of nitrogens with one attached hydrogen (secondary N) is 1. The number of rotatable bonds is 5. The molecule has 5 nitrogen and oxygen atoms in total. The van der Waals surface area contributed by atoms with Crippen LogP contribution in [0, 0.1) is 0 Å². The lowest BCUT2D eigenvalue weighted by atomic mass is 10.2. The van der Waals surface area contributed by atoms with Gasteiger partial charge in [-0.05, 0) is 24.5 Å². The molecular weight excluding hydrogens is 471 g/mol. The first-order valence-electron chi connectivity index (χ1n) is 7.43. The van der Waals surface area contributed by atoms with Gasteiger partial charge in [0.25, 0.3) is 0 Å². The van der Waals surface area contributed by atoms with E-state index in [0.717, 1.165) is 17.0 Å². The van der Waals surface area contributed by atoms with Crippen LogP contribution in [0.2, 0.25) is 0 Å². The van der Waals surface area contributed by atoms with Gasteiger partial charge in [0.05, 0.1) is 0 Å². The Labute approximate surface area is 163 Å². The number of guanidine groups is 1. The second-order valence-corrected chi connectivity index (χ2v) is 6.65. The molecule has 0 heterocycles. The van der Waals surface area contributed by atoms with Crippen LogP contribution in [-0.2, 0) is 11.3 Å². The Morgan fingerprint density at radius 1 is 1.30 bits per heavy atom. The van der Waals surface area contributed by atoms with E-state index >= 15 is 0 Å². The van der Waals surface area contributed by atoms with Crippen LogP contribution in [0.3, 0.4) is 0 Å². The van der Waals surface area contributed by atoms with Gasteiger partial charge in [-0.2, -0.15) is 0 Å². The first-order chi connectivity index (χ1) is 10.5. The molecule has 1 aliphatic rings. The van der Waals surface area contributed by atoms with E-state index in [1.807, 2.05) is 25.2 Å². The molecule has 0 unspecified atom stereocenters. The summed E-state index contributed by atoms with van der Waals surface area (Å²) in [5.41, 5.74) is 1.19. The maximum atomic E-state index is 11.7. The Morgan fingerprint density at radius 2 is 1.96 bits per heavy atom. The fourth-order valence-electron chi connectivity index (χ4n) is 1.93. The van der Waals surface area contributed by atoms with Gasteiger partial charge in [-0.3, -0.25) is 4.79 Å². The summed E-state index contributed by atoms with van der Waals surface area (Å²) in [5.74, 6) is 0.790. The lowest BCUT2D eigenvalue weighted by Gasteiger charge is -2.23. The van der Waals surface area contributed by atoms with E-state index in [2.05, 4.69) is 37.2 Å². The number of halogens is 2. The summed E-state index contributed by atoms with van der Waals surface area (Å²) in [6.07, 6.45) is 2.34. The molecule has 0 bridgehead atoms. The first kappa shape index (κ1) is 20.2. The van der Waals surface area contributed by atoms with Gasteiger partial charge in [-0.1, -0.05) is 34.1 Å². The lowest BCUT2D eigenvalue weighted by Crippen LogP contribution is -2.40. The largest absolute Gasteiger partial charge is 0.353 e. The highest BCUT2D eigenvalue weighted by Gasteiger charge is 2.24. The fraction of sp³-hybridized carbons (Fsp3) is 0.500. The van der Waals surface area contributed by atoms with E-state index in [4.69, 9.17) is 0 Å². The van der Waals surface area contributed by atoms with Crippen LogP contribution < -0.4 is 5.32 Å². The summed E-state index contributed by atoms with van der Waals surface area (Å²) >= 11 is 3.57. The molecule has 0 saturated heterocycles. The second-order valence-electron chi connectivity index (χ2n) is 5.79. The Kier molecular flexibility index (Phi) is 8.32. The number of hydrogen-bond acceptors (Lipinski definition) is 2. The number of hydrogen-bond donors (Lipinski definition) is 1. The van der Waals surface area contributed by atoms with E-state index in [-0.39, 0.29) is 36.4 Å². The second kappa shape index (κ2) is 9.46. The number of amides is 1. The van der Waals surface area contributed by atoms with Crippen LogP contribution in [0.25, 0.3) is 0 Å². The first-order valence-corrected chi connectivity index (χ1v) is 8.22. The summed E-state index contributed by atoms with van der Waals surface area (Å²) in [7, 11) is 5.49. The number of likely N-dealkylation sites (N-methyl/N-ethyl adjacent to an activating group) is 1. The maximum Gasteiger partial charge on any atom is 0.243 e. The summed E-state index contributed by atoms with van der Waals surface area (Å²) < 4.78 is 1.08. The highest BCUT2D eigenvalue weighted by molar-refractivity contribution is 14.0. The monoisotopic (exact) mass is 494 g/mol. The maximum absolute atomic E-state index is 11.7. The van der Waals surface area contributed by atoms with Crippen molar-refractivity contribution in [2.75, 3.05) is 27.7 Å². The van der Waals surface area contributed by atoms with Gasteiger partial charge in [0.2, 0.25) is 5.91 Å². The van der Waals surface area contributed by atoms with Crippen LogP contribution in [0.4, 0.5) is 0 Å². The molecule has 0 spiro atoms. The minimum atomic E-state index is 0. The minimum Gasteiger partial charge on any atom is -0.353 e. The number of carbonyl (C=O) groups excluding carboxylic acids is 1. The van der Waals surface area contributed by atoms with Crippen molar-refractivity contribution in [2.24, 2.45) is 4.99 Å². The molecule has 128 valence electrons. The lowest BCUT2D eigenvalue weighted by molar-refractivity contribution is -0.127. The standard InChI is InChI=1S/C16H23BrN4O.HI/c1-20(2)15(22)10-18-16(19-13-8-9-13)21(3)11-12-6-4-5-7-14(12)17;/h4-7,13H,8-11H2,1-3H3,(H,18,19);1H. The zero-order chi connectivity index (χ0) is 16.1. The van der Waals surface area contributed by atoms with E-state index in [0.29, 0.717) is 6.04 Å². The molecule has 1 aliphatic carbocycles. The van der Waals surface area contributed by atoms with Crippen LogP contribution in [-0.4, -0.2) is 55.4 Å². The molecule has 0 atom stereocenters. The third-order valence-electron chi connectivity index (χ3n) is 3.50. The molecule has 7 heteroatoms. The van der Waals surface area contributed by atoms with Gasteiger partial charge in [0, 0.05) is 38.2 Å². The highest BCUT2D eigenvalue weighted by atomic mass is 127. The van der Waals surface area contributed by atoms with E-state index in [1.165, 1.54) is 18.4 Å². The molecule has 2 rings (SSSR count). The van der Waals surface area contributed by atoms with Gasteiger partial charge in [-0.15, -0.1) is 24.0 Å². The van der Waals surface area contributed by atoms with Crippen molar-refractivity contribution in [1.29, 1.82) is 0 Å². The predicted octanol–water partition coefficient (Wildman–Crippen LogP) is 2.70. The average molecular weight is 495 g/mol. The van der Waals surface area contributed by atoms with Gasteiger partial charge in [-0.25, -0.2) is 4.99 Å². The molecule has 1 N–H and O–H groups in total. The average Bonchev–Trinajstić information content (AvgIpc) is 3.29. The van der Waals surface area contributed by atoms with Crippen LogP contribution >= 0.6 is 39.9 Å². The van der Waals surface area contributed by atoms with Crippen molar-refractivity contribution in [1.82, 2.24) is 15.1 Å². The molecule has 0 aromatic heterocycles. The summed E-state index contributed by atoms with van der Waals surface area (Å²) in [5, 5.41) is 3.41. The topological polar surface area (TPSA) is 47.9 Å². The van der Waals surface area contributed by atoms with Crippen molar-refractivity contribution in [2.45, 2.75) is 25.4 Å².